The van der Waals surface area contributed by atoms with Crippen molar-refractivity contribution in [1.82, 2.24) is 15.2 Å². The molecule has 0 amide bonds. The first-order chi connectivity index (χ1) is 14.1. The Labute approximate surface area is 176 Å². The first-order valence-electron chi connectivity index (χ1n) is 9.64. The van der Waals surface area contributed by atoms with Crippen molar-refractivity contribution >= 4 is 17.6 Å². The molecule has 0 radical (unpaired) electrons. The van der Waals surface area contributed by atoms with Crippen LogP contribution >= 0.6 is 11.6 Å². The predicted octanol–water partition coefficient (Wildman–Crippen LogP) is 3.81. The van der Waals surface area contributed by atoms with Crippen LogP contribution in [-0.2, 0) is 19.6 Å². The SMILES string of the molecule is CCNC(=NCc1ccc(Cl)cc1)NCc1ccc(Cn2ccccc2=O)cc1. The molecule has 0 unspecified atom stereocenters. The van der Waals surface area contributed by atoms with Crippen LogP contribution in [0.2, 0.25) is 5.02 Å². The fraction of sp³-hybridized carbons (Fsp3) is 0.217. The van der Waals surface area contributed by atoms with Crippen LogP contribution in [0.15, 0.2) is 82.7 Å². The average molecular weight is 409 g/mol. The van der Waals surface area contributed by atoms with Gasteiger partial charge in [0.2, 0.25) is 0 Å². The van der Waals surface area contributed by atoms with Gasteiger partial charge in [0.05, 0.1) is 13.1 Å². The third kappa shape index (κ3) is 6.50. The summed E-state index contributed by atoms with van der Waals surface area (Å²) in [5.74, 6) is 0.766. The Morgan fingerprint density at radius 1 is 0.931 bits per heavy atom. The minimum absolute atomic E-state index is 0.00502. The molecule has 0 fully saturated rings. The van der Waals surface area contributed by atoms with Gasteiger partial charge in [-0.05, 0) is 41.8 Å². The third-order valence-electron chi connectivity index (χ3n) is 4.41. The second-order valence-electron chi connectivity index (χ2n) is 6.66. The molecule has 150 valence electrons. The van der Waals surface area contributed by atoms with Gasteiger partial charge in [-0.25, -0.2) is 4.99 Å². The van der Waals surface area contributed by atoms with E-state index < -0.39 is 0 Å². The smallest absolute Gasteiger partial charge is 0.250 e. The van der Waals surface area contributed by atoms with Crippen LogP contribution in [0.3, 0.4) is 0 Å². The van der Waals surface area contributed by atoms with Crippen molar-refractivity contribution in [2.24, 2.45) is 4.99 Å². The van der Waals surface area contributed by atoms with Crippen LogP contribution in [0.1, 0.15) is 23.6 Å². The number of rotatable bonds is 7. The van der Waals surface area contributed by atoms with E-state index in [4.69, 9.17) is 11.6 Å². The number of guanidine groups is 1. The Bertz CT molecular complexity index is 994. The number of aliphatic imine (C=N–C) groups is 1. The van der Waals surface area contributed by atoms with Gasteiger partial charge in [-0.2, -0.15) is 0 Å². The van der Waals surface area contributed by atoms with Crippen LogP contribution in [-0.4, -0.2) is 17.1 Å². The van der Waals surface area contributed by atoms with Crippen molar-refractivity contribution in [2.75, 3.05) is 6.54 Å². The molecule has 1 aromatic heterocycles. The van der Waals surface area contributed by atoms with Gasteiger partial charge >= 0.3 is 0 Å². The molecule has 2 aromatic carbocycles. The van der Waals surface area contributed by atoms with Gasteiger partial charge in [0.25, 0.3) is 5.56 Å². The highest BCUT2D eigenvalue weighted by atomic mass is 35.5. The first kappa shape index (κ1) is 20.7. The molecule has 29 heavy (non-hydrogen) atoms. The van der Waals surface area contributed by atoms with E-state index in [9.17, 15) is 4.79 Å². The molecule has 0 aliphatic carbocycles. The molecule has 0 atom stereocenters. The summed E-state index contributed by atoms with van der Waals surface area (Å²) in [6, 6.07) is 21.1. The van der Waals surface area contributed by atoms with E-state index in [1.54, 1.807) is 22.9 Å². The van der Waals surface area contributed by atoms with E-state index >= 15 is 0 Å². The third-order valence-corrected chi connectivity index (χ3v) is 4.66. The molecule has 3 rings (SSSR count). The molecule has 3 aromatic rings. The van der Waals surface area contributed by atoms with E-state index in [2.05, 4.69) is 27.8 Å². The normalized spacial score (nSPS) is 11.3. The molecule has 0 aliphatic rings. The van der Waals surface area contributed by atoms with Crippen molar-refractivity contribution in [3.63, 3.8) is 0 Å². The van der Waals surface area contributed by atoms with Crippen molar-refractivity contribution in [2.45, 2.75) is 26.6 Å². The highest BCUT2D eigenvalue weighted by molar-refractivity contribution is 6.30. The lowest BCUT2D eigenvalue weighted by atomic mass is 10.1. The van der Waals surface area contributed by atoms with Gasteiger partial charge < -0.3 is 15.2 Å². The maximum absolute atomic E-state index is 11.8. The number of aromatic nitrogens is 1. The Kier molecular flexibility index (Phi) is 7.47. The fourth-order valence-corrected chi connectivity index (χ4v) is 2.96. The van der Waals surface area contributed by atoms with Gasteiger partial charge in [0.15, 0.2) is 5.96 Å². The number of nitrogens with zero attached hydrogens (tertiary/aromatic N) is 2. The number of hydrogen-bond donors (Lipinski definition) is 2. The minimum Gasteiger partial charge on any atom is -0.357 e. The monoisotopic (exact) mass is 408 g/mol. The molecule has 0 saturated carbocycles. The molecular formula is C23H25ClN4O. The molecular weight excluding hydrogens is 384 g/mol. The summed E-state index contributed by atoms with van der Waals surface area (Å²) in [4.78, 5) is 16.5. The Balaban J connectivity index is 1.57. The summed E-state index contributed by atoms with van der Waals surface area (Å²) < 4.78 is 1.69. The molecule has 0 saturated heterocycles. The van der Waals surface area contributed by atoms with Gasteiger partial charge in [0, 0.05) is 30.4 Å². The van der Waals surface area contributed by atoms with Crippen molar-refractivity contribution in [3.8, 4) is 0 Å². The highest BCUT2D eigenvalue weighted by Crippen LogP contribution is 2.10. The van der Waals surface area contributed by atoms with Crippen molar-refractivity contribution in [3.05, 3.63) is 105 Å². The summed E-state index contributed by atoms with van der Waals surface area (Å²) in [5, 5.41) is 7.34. The molecule has 5 nitrogen and oxygen atoms in total. The van der Waals surface area contributed by atoms with Gasteiger partial charge in [0.1, 0.15) is 0 Å². The maximum Gasteiger partial charge on any atom is 0.250 e. The second-order valence-corrected chi connectivity index (χ2v) is 7.09. The zero-order valence-electron chi connectivity index (χ0n) is 16.4. The zero-order valence-corrected chi connectivity index (χ0v) is 17.2. The van der Waals surface area contributed by atoms with Crippen LogP contribution < -0.4 is 16.2 Å². The molecule has 2 N–H and O–H groups in total. The topological polar surface area (TPSA) is 58.4 Å². The Morgan fingerprint density at radius 2 is 1.62 bits per heavy atom. The molecule has 1 heterocycles. The van der Waals surface area contributed by atoms with Gasteiger partial charge in [-0.15, -0.1) is 0 Å². The fourth-order valence-electron chi connectivity index (χ4n) is 2.84. The molecule has 6 heteroatoms. The van der Waals surface area contributed by atoms with Crippen LogP contribution in [0.4, 0.5) is 0 Å². The predicted molar refractivity (Wildman–Crippen MR) is 119 cm³/mol. The van der Waals surface area contributed by atoms with E-state index in [1.165, 1.54) is 0 Å². The number of pyridine rings is 1. The number of halogens is 1. The molecule has 0 spiro atoms. The van der Waals surface area contributed by atoms with Crippen LogP contribution in [0.5, 0.6) is 0 Å². The van der Waals surface area contributed by atoms with Gasteiger partial charge in [-0.1, -0.05) is 54.1 Å². The van der Waals surface area contributed by atoms with E-state index in [1.807, 2.05) is 49.4 Å². The summed E-state index contributed by atoms with van der Waals surface area (Å²) in [6.07, 6.45) is 1.80. The zero-order chi connectivity index (χ0) is 20.5. The minimum atomic E-state index is 0.00502. The van der Waals surface area contributed by atoms with E-state index in [-0.39, 0.29) is 5.56 Å². The standard InChI is InChI=1S/C23H25ClN4O/c1-2-25-23(27-16-19-10-12-21(24)13-11-19)26-15-18-6-8-20(9-7-18)17-28-14-4-3-5-22(28)29/h3-14H,2,15-17H2,1H3,(H2,25,26,27). The second kappa shape index (κ2) is 10.5. The van der Waals surface area contributed by atoms with Crippen molar-refractivity contribution < 1.29 is 0 Å². The van der Waals surface area contributed by atoms with Crippen molar-refractivity contribution in [1.29, 1.82) is 0 Å². The summed E-state index contributed by atoms with van der Waals surface area (Å²) in [6.45, 7) is 4.64. The number of nitrogens with one attached hydrogen (secondary N) is 2. The first-order valence-corrected chi connectivity index (χ1v) is 10.0. The lowest BCUT2D eigenvalue weighted by Gasteiger charge is -2.12. The Morgan fingerprint density at radius 3 is 2.31 bits per heavy atom. The lowest BCUT2D eigenvalue weighted by molar-refractivity contribution is 0.758. The quantitative estimate of drug-likeness (QED) is 0.461. The number of benzene rings is 2. The summed E-state index contributed by atoms with van der Waals surface area (Å²) in [7, 11) is 0. The molecule has 0 aliphatic heterocycles. The van der Waals surface area contributed by atoms with Crippen LogP contribution in [0.25, 0.3) is 0 Å². The largest absolute Gasteiger partial charge is 0.357 e. The maximum atomic E-state index is 11.8. The highest BCUT2D eigenvalue weighted by Gasteiger charge is 2.01. The van der Waals surface area contributed by atoms with E-state index in [0.717, 1.165) is 34.2 Å². The van der Waals surface area contributed by atoms with Gasteiger partial charge in [-0.3, -0.25) is 4.79 Å². The lowest BCUT2D eigenvalue weighted by Crippen LogP contribution is -2.36. The summed E-state index contributed by atoms with van der Waals surface area (Å²) >= 11 is 5.93. The summed E-state index contributed by atoms with van der Waals surface area (Å²) in [5.41, 5.74) is 3.34. The Hall–Kier alpha value is -3.05. The number of hydrogen-bond acceptors (Lipinski definition) is 2. The average Bonchev–Trinajstić information content (AvgIpc) is 2.74. The van der Waals surface area contributed by atoms with Crippen LogP contribution in [0, 0.1) is 0 Å². The molecule has 0 bridgehead atoms. The van der Waals surface area contributed by atoms with E-state index in [0.29, 0.717) is 19.6 Å².